The Morgan fingerprint density at radius 3 is 1.95 bits per heavy atom. The maximum atomic E-state index is 12.3. The molecule has 1 atom stereocenters. The van der Waals surface area contributed by atoms with Gasteiger partial charge in [0.15, 0.2) is 4.63 Å². The second-order valence-corrected chi connectivity index (χ2v) is 8.99. The van der Waals surface area contributed by atoms with Gasteiger partial charge in [-0.05, 0) is 47.5 Å². The number of aliphatic imine (C=N–C) groups is 1. The van der Waals surface area contributed by atoms with Crippen molar-refractivity contribution in [3.05, 3.63) is 29.3 Å². The molecule has 1 rings (SSSR count). The summed E-state index contributed by atoms with van der Waals surface area (Å²) in [5, 5.41) is -1.40. The molecule has 1 aromatic rings. The van der Waals surface area contributed by atoms with Crippen LogP contribution >= 0.6 is 69.6 Å². The maximum absolute atomic E-state index is 12.3. The molecule has 19 heavy (non-hydrogen) atoms. The lowest BCUT2D eigenvalue weighted by atomic mass is 10.4. The lowest BCUT2D eigenvalue weighted by Gasteiger charge is -2.20. The van der Waals surface area contributed by atoms with Gasteiger partial charge in [-0.1, -0.05) is 46.4 Å². The summed E-state index contributed by atoms with van der Waals surface area (Å²) in [5.41, 5.74) is 0. The number of halogens is 6. The molecule has 0 heterocycles. The molecule has 0 aliphatic heterocycles. The number of hydrogen-bond acceptors (Lipinski definition) is 3. The van der Waals surface area contributed by atoms with Gasteiger partial charge in [-0.15, -0.1) is 0 Å². The van der Waals surface area contributed by atoms with Crippen LogP contribution in [0.5, 0.6) is 0 Å². The van der Waals surface area contributed by atoms with E-state index in [1.54, 1.807) is 0 Å². The largest absolute Gasteiger partial charge is 0.238 e. The second kappa shape index (κ2) is 6.56. The minimum Gasteiger partial charge on any atom is -0.238 e. The molecule has 0 aliphatic carbocycles. The van der Waals surface area contributed by atoms with Crippen molar-refractivity contribution in [2.24, 2.45) is 4.99 Å². The van der Waals surface area contributed by atoms with E-state index < -0.39 is 23.6 Å². The number of nitrogens with zero attached hydrogens (tertiary/aromatic N) is 1. The molecule has 106 valence electrons. The smallest absolute Gasteiger partial charge is 0.227 e. The highest BCUT2D eigenvalue weighted by Gasteiger charge is 2.43. The minimum atomic E-state index is -4.08. The van der Waals surface area contributed by atoms with E-state index in [0.29, 0.717) is 5.02 Å². The minimum absolute atomic E-state index is 0.119. The van der Waals surface area contributed by atoms with Crippen LogP contribution < -0.4 is 0 Å². The molecule has 0 aliphatic rings. The second-order valence-electron chi connectivity index (χ2n) is 3.26. The van der Waals surface area contributed by atoms with Crippen LogP contribution in [0.1, 0.15) is 0 Å². The van der Waals surface area contributed by atoms with Crippen LogP contribution in [0.15, 0.2) is 34.2 Å². The summed E-state index contributed by atoms with van der Waals surface area (Å²) >= 11 is 33.2. The van der Waals surface area contributed by atoms with Gasteiger partial charge < -0.3 is 0 Å². The molecule has 10 heteroatoms. The third-order valence-corrected chi connectivity index (χ3v) is 5.36. The molecule has 0 saturated heterocycles. The molecule has 0 bridgehead atoms. The SMILES string of the molecule is O=S(=O)(c1ccc(Cl)cc1)C(N=C(Cl)Cl)C(Cl)(Cl)Cl. The fourth-order valence-corrected chi connectivity index (χ4v) is 4.17. The summed E-state index contributed by atoms with van der Waals surface area (Å²) in [5.74, 6) is 0. The molecule has 0 radical (unpaired) electrons. The van der Waals surface area contributed by atoms with Crippen LogP contribution in [0.25, 0.3) is 0 Å². The molecule has 1 aromatic carbocycles. The van der Waals surface area contributed by atoms with E-state index in [1.165, 1.54) is 24.3 Å². The van der Waals surface area contributed by atoms with E-state index >= 15 is 0 Å². The normalized spacial score (nSPS) is 14.0. The molecule has 0 spiro atoms. The number of sulfone groups is 1. The lowest BCUT2D eigenvalue weighted by molar-refractivity contribution is 0.582. The van der Waals surface area contributed by atoms with Crippen LogP contribution in [0, 0.1) is 0 Å². The standard InChI is InChI=1S/C9H5Cl6NO2S/c10-5-1-3-6(4-2-5)19(17,18)7(9(13,14)15)16-8(11)12/h1-4,7H. The summed E-state index contributed by atoms with van der Waals surface area (Å²) in [7, 11) is -4.08. The number of hydrogen-bond donors (Lipinski definition) is 0. The van der Waals surface area contributed by atoms with Gasteiger partial charge in [0.05, 0.1) is 4.90 Å². The molecular weight excluding hydrogens is 399 g/mol. The average molecular weight is 404 g/mol. The molecule has 3 nitrogen and oxygen atoms in total. The predicted molar refractivity (Wildman–Crippen MR) is 81.9 cm³/mol. The van der Waals surface area contributed by atoms with Gasteiger partial charge in [0.1, 0.15) is 0 Å². The maximum Gasteiger partial charge on any atom is 0.227 e. The molecule has 0 N–H and O–H groups in total. The summed E-state index contributed by atoms with van der Waals surface area (Å²) in [6, 6.07) is 5.29. The van der Waals surface area contributed by atoms with Crippen molar-refractivity contribution in [1.29, 1.82) is 0 Å². The zero-order valence-electron chi connectivity index (χ0n) is 8.83. The molecular formula is C9H5Cl6NO2S. The van der Waals surface area contributed by atoms with Crippen LogP contribution in [-0.4, -0.2) is 22.2 Å². The zero-order valence-corrected chi connectivity index (χ0v) is 14.2. The van der Waals surface area contributed by atoms with Gasteiger partial charge >= 0.3 is 0 Å². The Hall–Kier alpha value is 0.580. The van der Waals surface area contributed by atoms with Crippen molar-refractivity contribution in [3.63, 3.8) is 0 Å². The molecule has 1 unspecified atom stereocenters. The highest BCUT2D eigenvalue weighted by Crippen LogP contribution is 2.38. The molecule has 0 amide bonds. The van der Waals surface area contributed by atoms with Crippen molar-refractivity contribution in [2.75, 3.05) is 0 Å². The summed E-state index contributed by atoms with van der Waals surface area (Å²) in [6.45, 7) is 0. The third-order valence-electron chi connectivity index (χ3n) is 1.93. The fraction of sp³-hybridized carbons (Fsp3) is 0.222. The lowest BCUT2D eigenvalue weighted by Crippen LogP contribution is -2.33. The highest BCUT2D eigenvalue weighted by atomic mass is 35.6. The number of alkyl halides is 3. The first-order chi connectivity index (χ1) is 8.55. The van der Waals surface area contributed by atoms with Gasteiger partial charge in [0, 0.05) is 5.02 Å². The van der Waals surface area contributed by atoms with E-state index in [-0.39, 0.29) is 4.90 Å². The van der Waals surface area contributed by atoms with Gasteiger partial charge in [-0.3, -0.25) is 0 Å². The summed E-state index contributed by atoms with van der Waals surface area (Å²) in [4.78, 5) is 3.33. The van der Waals surface area contributed by atoms with Gasteiger partial charge in [-0.25, -0.2) is 13.4 Å². The van der Waals surface area contributed by atoms with Gasteiger partial charge in [0.25, 0.3) is 0 Å². The monoisotopic (exact) mass is 401 g/mol. The Balaban J connectivity index is 3.36. The van der Waals surface area contributed by atoms with E-state index in [0.717, 1.165) is 0 Å². The zero-order chi connectivity index (χ0) is 14.8. The first kappa shape index (κ1) is 17.6. The fourth-order valence-electron chi connectivity index (χ4n) is 1.16. The Labute approximate surface area is 140 Å². The Bertz CT molecular complexity index is 574. The highest BCUT2D eigenvalue weighted by molar-refractivity contribution is 7.92. The predicted octanol–water partition coefficient (Wildman–Crippen LogP) is 4.64. The third kappa shape index (κ3) is 4.81. The quantitative estimate of drug-likeness (QED) is 0.545. The molecule has 0 fully saturated rings. The van der Waals surface area contributed by atoms with Crippen LogP contribution in [0.2, 0.25) is 5.02 Å². The first-order valence-corrected chi connectivity index (χ1v) is 8.31. The summed E-state index contributed by atoms with van der Waals surface area (Å²) < 4.78 is 21.8. The van der Waals surface area contributed by atoms with E-state index in [9.17, 15) is 8.42 Å². The van der Waals surface area contributed by atoms with Crippen molar-refractivity contribution >= 4 is 84.1 Å². The number of rotatable bonds is 3. The Morgan fingerprint density at radius 1 is 1.11 bits per heavy atom. The molecule has 0 aromatic heterocycles. The number of benzene rings is 1. The van der Waals surface area contributed by atoms with Crippen LogP contribution in [0.4, 0.5) is 0 Å². The Kier molecular flexibility index (Phi) is 6.09. The van der Waals surface area contributed by atoms with Crippen LogP contribution in [0.3, 0.4) is 0 Å². The Morgan fingerprint density at radius 2 is 1.58 bits per heavy atom. The summed E-state index contributed by atoms with van der Waals surface area (Å²) in [6.07, 6.45) is 0. The van der Waals surface area contributed by atoms with Crippen LogP contribution in [-0.2, 0) is 9.84 Å². The van der Waals surface area contributed by atoms with Crippen molar-refractivity contribution in [3.8, 4) is 0 Å². The first-order valence-electron chi connectivity index (χ1n) is 4.50. The van der Waals surface area contributed by atoms with E-state index in [4.69, 9.17) is 69.6 Å². The van der Waals surface area contributed by atoms with Crippen molar-refractivity contribution in [2.45, 2.75) is 14.1 Å². The van der Waals surface area contributed by atoms with Crippen molar-refractivity contribution in [1.82, 2.24) is 0 Å². The van der Waals surface area contributed by atoms with E-state index in [2.05, 4.69) is 4.99 Å². The van der Waals surface area contributed by atoms with E-state index in [1.807, 2.05) is 0 Å². The van der Waals surface area contributed by atoms with Gasteiger partial charge in [0.2, 0.25) is 19.0 Å². The van der Waals surface area contributed by atoms with Gasteiger partial charge in [-0.2, -0.15) is 0 Å². The average Bonchev–Trinajstić information content (AvgIpc) is 2.24. The van der Waals surface area contributed by atoms with Crippen molar-refractivity contribution < 1.29 is 8.42 Å². The molecule has 0 saturated carbocycles. The topological polar surface area (TPSA) is 46.5 Å².